The number of nitrogens with zero attached hydrogens (tertiary/aromatic N) is 1. The molecule has 0 radical (unpaired) electrons. The molecule has 0 aromatic heterocycles. The second-order valence-electron chi connectivity index (χ2n) is 15.0. The number of nitrogens with one attached hydrogen (secondary N) is 1. The summed E-state index contributed by atoms with van der Waals surface area (Å²) >= 11 is 0. The number of amides is 1. The summed E-state index contributed by atoms with van der Waals surface area (Å²) in [5, 5.41) is 3.02. The Balaban J connectivity index is 0. The van der Waals surface area contributed by atoms with Gasteiger partial charge in [0.15, 0.2) is 0 Å². The summed E-state index contributed by atoms with van der Waals surface area (Å²) in [6, 6.07) is 0. The van der Waals surface area contributed by atoms with Crippen molar-refractivity contribution in [3.05, 3.63) is 0 Å². The zero-order chi connectivity index (χ0) is 41.9. The van der Waals surface area contributed by atoms with Crippen LogP contribution in [0, 0.1) is 0 Å². The highest BCUT2D eigenvalue weighted by atomic mass is 33.1. The summed E-state index contributed by atoms with van der Waals surface area (Å²) in [7, 11) is 10.7. The van der Waals surface area contributed by atoms with Crippen LogP contribution in [0.5, 0.6) is 0 Å². The molecular weight excluding hydrogens is 785 g/mol. The minimum absolute atomic E-state index is 0.140. The lowest BCUT2D eigenvalue weighted by atomic mass is 10.0. The number of hydrogen-bond acceptors (Lipinski definition) is 15. The van der Waals surface area contributed by atoms with Crippen molar-refractivity contribution >= 4 is 60.8 Å². The average molecular weight is 863 g/mol. The van der Waals surface area contributed by atoms with E-state index in [0.29, 0.717) is 123 Å². The highest BCUT2D eigenvalue weighted by Crippen LogP contribution is 2.38. The molecule has 12 nitrogen and oxygen atoms in total. The smallest absolute Gasteiger partial charge is 0.410 e. The fourth-order valence-electron chi connectivity index (χ4n) is 4.30. The second kappa shape index (κ2) is 36.8. The predicted molar refractivity (Wildman–Crippen MR) is 235 cm³/mol. The van der Waals surface area contributed by atoms with E-state index in [1.165, 1.54) is 4.90 Å². The van der Waals surface area contributed by atoms with E-state index >= 15 is 0 Å². The van der Waals surface area contributed by atoms with Gasteiger partial charge in [-0.1, -0.05) is 43.2 Å². The lowest BCUT2D eigenvalue weighted by molar-refractivity contribution is -0.120. The molecule has 0 bridgehead atoms. The van der Waals surface area contributed by atoms with E-state index in [4.69, 9.17) is 33.2 Å². The van der Waals surface area contributed by atoms with E-state index in [1.807, 2.05) is 49.4 Å². The Morgan fingerprint density at radius 1 is 0.545 bits per heavy atom. The molecule has 0 atom stereocenters. The monoisotopic (exact) mass is 862 g/mol. The number of carbonyl (C=O) groups is 3. The maximum Gasteiger partial charge on any atom is 0.410 e. The van der Waals surface area contributed by atoms with Gasteiger partial charge < -0.3 is 43.4 Å². The van der Waals surface area contributed by atoms with Crippen LogP contribution in [-0.4, -0.2) is 157 Å². The summed E-state index contributed by atoms with van der Waals surface area (Å²) in [5.74, 6) is 0.646. The van der Waals surface area contributed by atoms with Crippen LogP contribution in [0.4, 0.5) is 4.79 Å². The molecule has 0 heterocycles. The Bertz CT molecular complexity index is 943. The number of Topliss-reactive ketones (excluding diaryl/α,β-unsaturated/α-hetero) is 2. The minimum atomic E-state index is -0.498. The lowest BCUT2D eigenvalue weighted by Crippen LogP contribution is -2.36. The van der Waals surface area contributed by atoms with Crippen molar-refractivity contribution in [1.29, 1.82) is 0 Å². The summed E-state index contributed by atoms with van der Waals surface area (Å²) in [6.45, 7) is 22.2. The standard InChI is InChI=1S/C22H43NO6S2.C17H35NO4S2/c1-21(2,3)29-20(25)23(6)12-14-27-16-18-28-17-15-26-13-8-9-19(24)10-11-22(4,5)31-30-7;1-17(2,24-23-4)8-7-16(19)6-5-10-20-12-14-22-15-13-21-11-9-18-3/h8-18H2,1-7H3;18H,5-15H2,1-4H3. The fourth-order valence-corrected chi connectivity index (χ4v) is 8.78. The van der Waals surface area contributed by atoms with Gasteiger partial charge in [-0.15, -0.1) is 0 Å². The zero-order valence-electron chi connectivity index (χ0n) is 36.2. The topological polar surface area (TPSA) is 131 Å². The van der Waals surface area contributed by atoms with Crippen molar-refractivity contribution in [3.63, 3.8) is 0 Å². The van der Waals surface area contributed by atoms with Gasteiger partial charge in [-0.3, -0.25) is 9.59 Å². The van der Waals surface area contributed by atoms with Gasteiger partial charge in [0, 0.05) is 68.5 Å². The number of likely N-dealkylation sites (N-methyl/N-ethyl adjacent to an activating group) is 2. The van der Waals surface area contributed by atoms with E-state index in [0.717, 1.165) is 32.2 Å². The van der Waals surface area contributed by atoms with E-state index < -0.39 is 5.60 Å². The van der Waals surface area contributed by atoms with Gasteiger partial charge >= 0.3 is 6.09 Å². The van der Waals surface area contributed by atoms with Gasteiger partial charge in [0.25, 0.3) is 0 Å². The van der Waals surface area contributed by atoms with E-state index in [9.17, 15) is 14.4 Å². The van der Waals surface area contributed by atoms with Crippen LogP contribution in [0.3, 0.4) is 0 Å². The van der Waals surface area contributed by atoms with Crippen molar-refractivity contribution in [3.8, 4) is 0 Å². The molecule has 1 N–H and O–H groups in total. The first kappa shape index (κ1) is 56.8. The van der Waals surface area contributed by atoms with Crippen LogP contribution in [0.1, 0.15) is 99.8 Å². The molecule has 1 amide bonds. The Morgan fingerprint density at radius 3 is 1.27 bits per heavy atom. The maximum absolute atomic E-state index is 12.0. The number of carbonyl (C=O) groups excluding carboxylic acids is 3. The highest BCUT2D eigenvalue weighted by Gasteiger charge is 2.21. The molecule has 0 unspecified atom stereocenters. The van der Waals surface area contributed by atoms with Crippen LogP contribution in [0.15, 0.2) is 0 Å². The normalized spacial score (nSPS) is 12.0. The van der Waals surface area contributed by atoms with Gasteiger partial charge in [-0.05, 0) is 93.7 Å². The zero-order valence-corrected chi connectivity index (χ0v) is 39.5. The molecule has 0 fully saturated rings. The molecule has 55 heavy (non-hydrogen) atoms. The summed E-state index contributed by atoms with van der Waals surface area (Å²) < 4.78 is 38.2. The van der Waals surface area contributed by atoms with Crippen molar-refractivity contribution in [2.75, 3.05) is 119 Å². The van der Waals surface area contributed by atoms with Gasteiger partial charge in [0.1, 0.15) is 17.2 Å². The summed E-state index contributed by atoms with van der Waals surface area (Å²) in [6.07, 6.45) is 9.66. The molecule has 0 saturated heterocycles. The molecule has 328 valence electrons. The number of ketones is 2. The summed E-state index contributed by atoms with van der Waals surface area (Å²) in [4.78, 5) is 37.1. The largest absolute Gasteiger partial charge is 0.444 e. The van der Waals surface area contributed by atoms with Crippen molar-refractivity contribution in [1.82, 2.24) is 10.2 Å². The van der Waals surface area contributed by atoms with Crippen LogP contribution in [0.2, 0.25) is 0 Å². The molecule has 0 aromatic rings. The van der Waals surface area contributed by atoms with Crippen molar-refractivity contribution in [2.24, 2.45) is 0 Å². The number of rotatable bonds is 36. The molecule has 0 saturated carbocycles. The summed E-state index contributed by atoms with van der Waals surface area (Å²) in [5.41, 5.74) is -0.498. The van der Waals surface area contributed by atoms with E-state index in [2.05, 4.69) is 45.5 Å². The SMILES string of the molecule is CNCCOCCOCCOCCCC(=O)CCC(C)(C)SSC.CSSC(C)(C)CCC(=O)CCCOCCOCCOCCN(C)C(=O)OC(C)(C)C. The lowest BCUT2D eigenvalue weighted by Gasteiger charge is -2.24. The first-order valence-corrected chi connectivity index (χ1v) is 24.6. The van der Waals surface area contributed by atoms with Gasteiger partial charge in [-0.2, -0.15) is 0 Å². The maximum atomic E-state index is 12.0. The quantitative estimate of drug-likeness (QED) is 0.0482. The predicted octanol–water partition coefficient (Wildman–Crippen LogP) is 8.00. The fraction of sp³-hybridized carbons (Fsp3) is 0.923. The average Bonchev–Trinajstić information content (AvgIpc) is 3.10. The third-order valence-corrected chi connectivity index (χ3v) is 12.7. The van der Waals surface area contributed by atoms with Crippen molar-refractivity contribution < 1.29 is 47.5 Å². The molecule has 0 aliphatic carbocycles. The Morgan fingerprint density at radius 2 is 0.909 bits per heavy atom. The van der Waals surface area contributed by atoms with Gasteiger partial charge in [0.05, 0.1) is 66.1 Å². The minimum Gasteiger partial charge on any atom is -0.444 e. The van der Waals surface area contributed by atoms with Gasteiger partial charge in [0.2, 0.25) is 0 Å². The van der Waals surface area contributed by atoms with E-state index in [-0.39, 0.29) is 15.6 Å². The Labute approximate surface area is 350 Å². The Kier molecular flexibility index (Phi) is 38.0. The molecule has 0 aliphatic rings. The first-order chi connectivity index (χ1) is 26.0. The number of hydrogen-bond donors (Lipinski definition) is 1. The van der Waals surface area contributed by atoms with Crippen LogP contribution in [0.25, 0.3) is 0 Å². The molecule has 0 aliphatic heterocycles. The van der Waals surface area contributed by atoms with Crippen LogP contribution < -0.4 is 5.32 Å². The third kappa shape index (κ3) is 43.1. The first-order valence-electron chi connectivity index (χ1n) is 19.5. The molecule has 0 spiro atoms. The van der Waals surface area contributed by atoms with Crippen LogP contribution in [-0.2, 0) is 42.7 Å². The molecule has 16 heteroatoms. The van der Waals surface area contributed by atoms with Crippen LogP contribution >= 0.6 is 43.2 Å². The van der Waals surface area contributed by atoms with Gasteiger partial charge in [-0.25, -0.2) is 4.79 Å². The molecule has 0 rings (SSSR count). The second-order valence-corrected chi connectivity index (χ2v) is 21.2. The third-order valence-electron chi connectivity index (χ3n) is 7.38. The molecular formula is C39H78N2O10S4. The Hall–Kier alpha value is -0.270. The molecule has 0 aromatic carbocycles. The highest BCUT2D eigenvalue weighted by molar-refractivity contribution is 8.77. The van der Waals surface area contributed by atoms with Crippen molar-refractivity contribution in [2.45, 2.75) is 115 Å². The number of ether oxygens (including phenoxy) is 7. The van der Waals surface area contributed by atoms with E-state index in [1.54, 1.807) is 28.6 Å².